The van der Waals surface area contributed by atoms with Crippen molar-refractivity contribution >= 4 is 5.78 Å². The van der Waals surface area contributed by atoms with E-state index in [4.69, 9.17) is 0 Å². The molecule has 0 aromatic heterocycles. The smallest absolute Gasteiger partial charge is 0.178 e. The van der Waals surface area contributed by atoms with E-state index >= 15 is 0 Å². The third-order valence-electron chi connectivity index (χ3n) is 2.99. The van der Waals surface area contributed by atoms with Crippen LogP contribution < -0.4 is 0 Å². The number of fused-ring (bicyclic) bond motifs is 2. The molecule has 0 spiro atoms. The summed E-state index contributed by atoms with van der Waals surface area (Å²) in [6.45, 7) is 0. The Labute approximate surface area is 66.0 Å². The van der Waals surface area contributed by atoms with Crippen molar-refractivity contribution in [2.45, 2.75) is 37.5 Å². The number of rotatable bonds is 0. The zero-order valence-corrected chi connectivity index (χ0v) is 6.66. The molecule has 11 heavy (non-hydrogen) atoms. The van der Waals surface area contributed by atoms with Gasteiger partial charge in [-0.25, -0.2) is 0 Å². The van der Waals surface area contributed by atoms with Crippen LogP contribution in [0.2, 0.25) is 0 Å². The van der Waals surface area contributed by atoms with Gasteiger partial charge in [0.15, 0.2) is 5.78 Å². The molecule has 0 aromatic rings. The largest absolute Gasteiger partial charge is 0.385 e. The molecule has 0 aliphatic carbocycles. The molecule has 2 bridgehead atoms. The number of aliphatic hydroxyl groups is 1. The molecule has 0 aromatic carbocycles. The van der Waals surface area contributed by atoms with Gasteiger partial charge in [0.05, 0.1) is 6.04 Å². The summed E-state index contributed by atoms with van der Waals surface area (Å²) < 4.78 is 0. The van der Waals surface area contributed by atoms with Crippen LogP contribution in [-0.4, -0.2) is 41.0 Å². The van der Waals surface area contributed by atoms with E-state index in [1.54, 1.807) is 0 Å². The van der Waals surface area contributed by atoms with Crippen molar-refractivity contribution in [3.63, 3.8) is 0 Å². The maximum Gasteiger partial charge on any atom is 0.178 e. The van der Waals surface area contributed by atoms with E-state index in [0.717, 1.165) is 12.8 Å². The maximum atomic E-state index is 11.3. The second-order valence-corrected chi connectivity index (χ2v) is 3.57. The van der Waals surface area contributed by atoms with Gasteiger partial charge >= 0.3 is 0 Å². The van der Waals surface area contributed by atoms with Crippen molar-refractivity contribution in [3.8, 4) is 0 Å². The van der Waals surface area contributed by atoms with Gasteiger partial charge in [-0.15, -0.1) is 0 Å². The first-order valence-electron chi connectivity index (χ1n) is 4.14. The second kappa shape index (κ2) is 2.29. The molecule has 2 aliphatic heterocycles. The summed E-state index contributed by atoms with van der Waals surface area (Å²) in [4.78, 5) is 13.4. The van der Waals surface area contributed by atoms with Gasteiger partial charge in [0.25, 0.3) is 0 Å². The summed E-state index contributed by atoms with van der Waals surface area (Å²) in [6.07, 6.45) is 1.98. The quantitative estimate of drug-likeness (QED) is 0.526. The molecule has 0 amide bonds. The Bertz CT molecular complexity index is 193. The van der Waals surface area contributed by atoms with Crippen molar-refractivity contribution in [1.29, 1.82) is 0 Å². The Morgan fingerprint density at radius 1 is 1.55 bits per heavy atom. The molecule has 2 aliphatic rings. The second-order valence-electron chi connectivity index (χ2n) is 3.57. The number of carbonyl (C=O) groups is 1. The average molecular weight is 155 g/mol. The Balaban J connectivity index is 2.22. The van der Waals surface area contributed by atoms with Gasteiger partial charge in [0, 0.05) is 6.04 Å². The summed E-state index contributed by atoms with van der Waals surface area (Å²) in [5.74, 6) is 0.0289. The summed E-state index contributed by atoms with van der Waals surface area (Å²) in [7, 11) is 1.98. The molecule has 2 fully saturated rings. The van der Waals surface area contributed by atoms with Gasteiger partial charge in [0.1, 0.15) is 6.10 Å². The summed E-state index contributed by atoms with van der Waals surface area (Å²) in [5, 5.41) is 9.30. The van der Waals surface area contributed by atoms with Crippen LogP contribution in [0.25, 0.3) is 0 Å². The summed E-state index contributed by atoms with van der Waals surface area (Å²) in [5.41, 5.74) is 0. The van der Waals surface area contributed by atoms with Crippen LogP contribution in [0.5, 0.6) is 0 Å². The molecular weight excluding hydrogens is 142 g/mol. The van der Waals surface area contributed by atoms with Crippen molar-refractivity contribution in [3.05, 3.63) is 0 Å². The predicted molar refractivity (Wildman–Crippen MR) is 40.2 cm³/mol. The van der Waals surface area contributed by atoms with E-state index in [1.165, 1.54) is 0 Å². The Hall–Kier alpha value is -0.410. The van der Waals surface area contributed by atoms with Crippen LogP contribution in [-0.2, 0) is 4.79 Å². The van der Waals surface area contributed by atoms with Crippen LogP contribution in [0.1, 0.15) is 19.3 Å². The minimum Gasteiger partial charge on any atom is -0.385 e. The molecular formula is C8H13NO2. The highest BCUT2D eigenvalue weighted by atomic mass is 16.3. The standard InChI is InChI=1S/C8H13NO2/c1-9-5-2-3-6(9)8(11)7(10)4-5/h5-7,10H,2-4H2,1H3. The number of ketones is 1. The lowest BCUT2D eigenvalue weighted by Crippen LogP contribution is -2.49. The van der Waals surface area contributed by atoms with Gasteiger partial charge in [-0.1, -0.05) is 0 Å². The molecule has 0 radical (unpaired) electrons. The van der Waals surface area contributed by atoms with E-state index in [9.17, 15) is 9.90 Å². The molecule has 2 heterocycles. The third-order valence-corrected chi connectivity index (χ3v) is 2.99. The highest BCUT2D eigenvalue weighted by Gasteiger charge is 2.43. The van der Waals surface area contributed by atoms with Crippen LogP contribution in [0.4, 0.5) is 0 Å². The van der Waals surface area contributed by atoms with E-state index in [-0.39, 0.29) is 11.8 Å². The lowest BCUT2D eigenvalue weighted by Gasteiger charge is -2.32. The van der Waals surface area contributed by atoms with Crippen LogP contribution in [0.15, 0.2) is 0 Å². The van der Waals surface area contributed by atoms with Gasteiger partial charge in [-0.3, -0.25) is 9.69 Å². The highest BCUT2D eigenvalue weighted by Crippen LogP contribution is 2.31. The Morgan fingerprint density at radius 2 is 2.27 bits per heavy atom. The van der Waals surface area contributed by atoms with E-state index in [1.807, 2.05) is 7.05 Å². The molecule has 62 valence electrons. The predicted octanol–water partition coefficient (Wildman–Crippen LogP) is -0.217. The number of piperidine rings is 1. The third kappa shape index (κ3) is 0.914. The Kier molecular flexibility index (Phi) is 1.51. The number of Topliss-reactive ketones (excluding diaryl/α,β-unsaturated/α-hetero) is 1. The topological polar surface area (TPSA) is 40.5 Å². The van der Waals surface area contributed by atoms with Crippen LogP contribution in [0, 0.1) is 0 Å². The zero-order chi connectivity index (χ0) is 8.01. The minimum absolute atomic E-state index is 0.0174. The first kappa shape index (κ1) is 7.25. The van der Waals surface area contributed by atoms with Gasteiger partial charge in [-0.2, -0.15) is 0 Å². The summed E-state index contributed by atoms with van der Waals surface area (Å²) in [6, 6.07) is 0.469. The highest BCUT2D eigenvalue weighted by molar-refractivity contribution is 5.89. The van der Waals surface area contributed by atoms with Gasteiger partial charge < -0.3 is 5.11 Å². The zero-order valence-electron chi connectivity index (χ0n) is 6.66. The van der Waals surface area contributed by atoms with Crippen molar-refractivity contribution in [2.24, 2.45) is 0 Å². The lowest BCUT2D eigenvalue weighted by molar-refractivity contribution is -0.136. The van der Waals surface area contributed by atoms with Crippen molar-refractivity contribution in [1.82, 2.24) is 4.90 Å². The normalized spacial score (nSPS) is 44.9. The van der Waals surface area contributed by atoms with Crippen molar-refractivity contribution < 1.29 is 9.90 Å². The first-order valence-corrected chi connectivity index (χ1v) is 4.14. The van der Waals surface area contributed by atoms with Crippen molar-refractivity contribution in [2.75, 3.05) is 7.05 Å². The monoisotopic (exact) mass is 155 g/mol. The first-order chi connectivity index (χ1) is 5.20. The number of likely N-dealkylation sites (N-methyl/N-ethyl adjacent to an activating group) is 1. The van der Waals surface area contributed by atoms with E-state index in [2.05, 4.69) is 4.90 Å². The molecule has 3 heteroatoms. The van der Waals surface area contributed by atoms with E-state index in [0.29, 0.717) is 12.5 Å². The average Bonchev–Trinajstić information content (AvgIpc) is 2.23. The Morgan fingerprint density at radius 3 is 3.00 bits per heavy atom. The van der Waals surface area contributed by atoms with Gasteiger partial charge in [-0.05, 0) is 26.3 Å². The number of aliphatic hydroxyl groups excluding tert-OH is 1. The fraction of sp³-hybridized carbons (Fsp3) is 0.875. The maximum absolute atomic E-state index is 11.3. The number of hydrogen-bond donors (Lipinski definition) is 1. The lowest BCUT2D eigenvalue weighted by atomic mass is 9.99. The molecule has 1 N–H and O–H groups in total. The van der Waals surface area contributed by atoms with Gasteiger partial charge in [0.2, 0.25) is 0 Å². The fourth-order valence-corrected chi connectivity index (χ4v) is 2.24. The fourth-order valence-electron chi connectivity index (χ4n) is 2.24. The molecule has 3 nitrogen and oxygen atoms in total. The van der Waals surface area contributed by atoms with Crippen LogP contribution >= 0.6 is 0 Å². The number of hydrogen-bond acceptors (Lipinski definition) is 3. The molecule has 0 saturated carbocycles. The SMILES string of the molecule is CN1C2CCC1C(=O)C(O)C2. The molecule has 3 unspecified atom stereocenters. The number of nitrogens with zero attached hydrogens (tertiary/aromatic N) is 1. The van der Waals surface area contributed by atoms with E-state index < -0.39 is 6.10 Å². The summed E-state index contributed by atoms with van der Waals surface area (Å²) >= 11 is 0. The molecule has 2 saturated heterocycles. The number of carbonyl (C=O) groups excluding carboxylic acids is 1. The molecule has 3 atom stereocenters. The molecule has 2 rings (SSSR count). The minimum atomic E-state index is -0.677. The van der Waals surface area contributed by atoms with Crippen LogP contribution in [0.3, 0.4) is 0 Å².